The van der Waals surface area contributed by atoms with Crippen LogP contribution in [0.3, 0.4) is 0 Å². The molecule has 0 unspecified atom stereocenters. The standard InChI is InChI=1S/C14H19N3O2/c1-3-5-7-15-14(18)12-6-8-19-13(12)11-9-16-17(4-2)10-11/h9-10,12-13H,4,6-8H2,1-2H3,(H,15,18)/t12-,13+/m0/s1. The van der Waals surface area contributed by atoms with E-state index in [2.05, 4.69) is 22.3 Å². The minimum absolute atomic E-state index is 0.00879. The predicted octanol–water partition coefficient (Wildman–Crippen LogP) is 1.12. The van der Waals surface area contributed by atoms with E-state index in [-0.39, 0.29) is 17.9 Å². The van der Waals surface area contributed by atoms with Gasteiger partial charge in [0.25, 0.3) is 0 Å². The van der Waals surface area contributed by atoms with Crippen molar-refractivity contribution < 1.29 is 9.53 Å². The third kappa shape index (κ3) is 3.15. The zero-order valence-electron chi connectivity index (χ0n) is 11.3. The molecular formula is C14H19N3O2. The van der Waals surface area contributed by atoms with Gasteiger partial charge in [0.1, 0.15) is 0 Å². The lowest BCUT2D eigenvalue weighted by Gasteiger charge is -2.16. The topological polar surface area (TPSA) is 56.1 Å². The van der Waals surface area contributed by atoms with Crippen LogP contribution in [0.1, 0.15) is 31.9 Å². The van der Waals surface area contributed by atoms with Crippen LogP contribution in [0.4, 0.5) is 0 Å². The Kier molecular flexibility index (Phi) is 4.58. The molecule has 5 heteroatoms. The third-order valence-electron chi connectivity index (χ3n) is 3.26. The summed E-state index contributed by atoms with van der Waals surface area (Å²) in [5, 5.41) is 7.06. The smallest absolute Gasteiger partial charge is 0.226 e. The second-order valence-electron chi connectivity index (χ2n) is 4.46. The van der Waals surface area contributed by atoms with E-state index in [0.717, 1.165) is 18.5 Å². The van der Waals surface area contributed by atoms with Gasteiger partial charge in [0.15, 0.2) is 0 Å². The molecule has 2 atom stereocenters. The average molecular weight is 261 g/mol. The van der Waals surface area contributed by atoms with Crippen LogP contribution in [0.15, 0.2) is 12.4 Å². The molecule has 102 valence electrons. The predicted molar refractivity (Wildman–Crippen MR) is 71.2 cm³/mol. The van der Waals surface area contributed by atoms with E-state index in [4.69, 9.17) is 4.74 Å². The number of nitrogens with zero attached hydrogens (tertiary/aromatic N) is 2. The van der Waals surface area contributed by atoms with E-state index in [0.29, 0.717) is 13.2 Å². The number of hydrogen-bond donors (Lipinski definition) is 1. The highest BCUT2D eigenvalue weighted by atomic mass is 16.5. The van der Waals surface area contributed by atoms with Crippen molar-refractivity contribution in [1.82, 2.24) is 15.1 Å². The summed E-state index contributed by atoms with van der Waals surface area (Å²) in [5.74, 6) is 5.45. The van der Waals surface area contributed by atoms with Crippen LogP contribution < -0.4 is 5.32 Å². The lowest BCUT2D eigenvalue weighted by Crippen LogP contribution is -2.32. The second kappa shape index (κ2) is 6.39. The van der Waals surface area contributed by atoms with Crippen molar-refractivity contribution in [1.29, 1.82) is 0 Å². The molecule has 2 heterocycles. The monoisotopic (exact) mass is 261 g/mol. The number of nitrogens with one attached hydrogen (secondary N) is 1. The SMILES string of the molecule is CC#CCNC(=O)[C@H]1CCO[C@@H]1c1cnn(CC)c1. The highest BCUT2D eigenvalue weighted by Crippen LogP contribution is 2.34. The summed E-state index contributed by atoms with van der Waals surface area (Å²) in [6, 6.07) is 0. The van der Waals surface area contributed by atoms with Gasteiger partial charge in [-0.1, -0.05) is 5.92 Å². The summed E-state index contributed by atoms with van der Waals surface area (Å²) in [6.07, 6.45) is 4.29. The number of aryl methyl sites for hydroxylation is 1. The lowest BCUT2D eigenvalue weighted by molar-refractivity contribution is -0.126. The Morgan fingerprint density at radius 1 is 1.68 bits per heavy atom. The zero-order chi connectivity index (χ0) is 13.7. The van der Waals surface area contributed by atoms with Crippen LogP contribution in [0, 0.1) is 17.8 Å². The van der Waals surface area contributed by atoms with E-state index in [1.165, 1.54) is 0 Å². The van der Waals surface area contributed by atoms with Crippen LogP contribution in [0.5, 0.6) is 0 Å². The Labute approximate surface area is 113 Å². The van der Waals surface area contributed by atoms with E-state index >= 15 is 0 Å². The van der Waals surface area contributed by atoms with Gasteiger partial charge in [-0.05, 0) is 20.3 Å². The molecule has 1 amide bonds. The van der Waals surface area contributed by atoms with Crippen molar-refractivity contribution >= 4 is 5.91 Å². The molecule has 1 fully saturated rings. The number of rotatable bonds is 4. The van der Waals surface area contributed by atoms with Crippen molar-refractivity contribution in [3.8, 4) is 11.8 Å². The molecular weight excluding hydrogens is 242 g/mol. The van der Waals surface area contributed by atoms with Crippen LogP contribution in [0.2, 0.25) is 0 Å². The second-order valence-corrected chi connectivity index (χ2v) is 4.46. The summed E-state index contributed by atoms with van der Waals surface area (Å²) >= 11 is 0. The van der Waals surface area contributed by atoms with Crippen LogP contribution in [-0.4, -0.2) is 28.8 Å². The third-order valence-corrected chi connectivity index (χ3v) is 3.26. The highest BCUT2D eigenvalue weighted by molar-refractivity contribution is 5.80. The quantitative estimate of drug-likeness (QED) is 0.826. The van der Waals surface area contributed by atoms with Gasteiger partial charge < -0.3 is 10.1 Å². The number of carbonyl (C=O) groups is 1. The van der Waals surface area contributed by atoms with Crippen molar-refractivity contribution in [3.05, 3.63) is 18.0 Å². The van der Waals surface area contributed by atoms with Crippen LogP contribution in [0.25, 0.3) is 0 Å². The van der Waals surface area contributed by atoms with Gasteiger partial charge in [0.2, 0.25) is 5.91 Å². The fraction of sp³-hybridized carbons (Fsp3) is 0.571. The van der Waals surface area contributed by atoms with E-state index < -0.39 is 0 Å². The maximum atomic E-state index is 12.1. The van der Waals surface area contributed by atoms with Crippen molar-refractivity contribution in [3.63, 3.8) is 0 Å². The van der Waals surface area contributed by atoms with Crippen molar-refractivity contribution in [2.75, 3.05) is 13.2 Å². The minimum atomic E-state index is -0.185. The van der Waals surface area contributed by atoms with Gasteiger partial charge in [0, 0.05) is 24.9 Å². The molecule has 0 spiro atoms. The maximum absolute atomic E-state index is 12.1. The molecule has 5 nitrogen and oxygen atoms in total. The Morgan fingerprint density at radius 2 is 2.53 bits per heavy atom. The first-order chi connectivity index (χ1) is 9.26. The van der Waals surface area contributed by atoms with Gasteiger partial charge >= 0.3 is 0 Å². The fourth-order valence-corrected chi connectivity index (χ4v) is 2.24. The average Bonchev–Trinajstić information content (AvgIpc) is 3.07. The molecule has 1 aromatic heterocycles. The molecule has 1 N–H and O–H groups in total. The fourth-order valence-electron chi connectivity index (χ4n) is 2.24. The summed E-state index contributed by atoms with van der Waals surface area (Å²) < 4.78 is 7.53. The first kappa shape index (κ1) is 13.6. The Hall–Kier alpha value is -1.80. The first-order valence-corrected chi connectivity index (χ1v) is 6.57. The molecule has 19 heavy (non-hydrogen) atoms. The Bertz CT molecular complexity index is 498. The molecule has 0 saturated carbocycles. The van der Waals surface area contributed by atoms with Crippen molar-refractivity contribution in [2.24, 2.45) is 5.92 Å². The lowest BCUT2D eigenvalue weighted by atomic mass is 9.96. The minimum Gasteiger partial charge on any atom is -0.373 e. The Morgan fingerprint density at radius 3 is 3.21 bits per heavy atom. The number of aromatic nitrogens is 2. The van der Waals surface area contributed by atoms with Gasteiger partial charge in [-0.2, -0.15) is 5.10 Å². The molecule has 1 aromatic rings. The molecule has 1 aliphatic rings. The van der Waals surface area contributed by atoms with E-state index in [9.17, 15) is 4.79 Å². The normalized spacial score (nSPS) is 21.8. The van der Waals surface area contributed by atoms with E-state index in [1.807, 2.05) is 17.8 Å². The van der Waals surface area contributed by atoms with Gasteiger partial charge in [-0.15, -0.1) is 5.92 Å². The maximum Gasteiger partial charge on any atom is 0.226 e. The number of carbonyl (C=O) groups excluding carboxylic acids is 1. The summed E-state index contributed by atoms with van der Waals surface area (Å²) in [4.78, 5) is 12.1. The summed E-state index contributed by atoms with van der Waals surface area (Å²) in [6.45, 7) is 5.61. The largest absolute Gasteiger partial charge is 0.373 e. The van der Waals surface area contributed by atoms with Gasteiger partial charge in [-0.25, -0.2) is 0 Å². The number of ether oxygens (including phenoxy) is 1. The molecule has 2 rings (SSSR count). The summed E-state index contributed by atoms with van der Waals surface area (Å²) in [7, 11) is 0. The van der Waals surface area contributed by atoms with Crippen LogP contribution in [-0.2, 0) is 16.1 Å². The molecule has 1 aliphatic heterocycles. The zero-order valence-corrected chi connectivity index (χ0v) is 11.3. The molecule has 1 saturated heterocycles. The van der Waals surface area contributed by atoms with E-state index in [1.54, 1.807) is 13.1 Å². The van der Waals surface area contributed by atoms with Gasteiger partial charge in [0.05, 0.1) is 24.8 Å². The van der Waals surface area contributed by atoms with Crippen LogP contribution >= 0.6 is 0 Å². The number of hydrogen-bond acceptors (Lipinski definition) is 3. The molecule has 0 aromatic carbocycles. The first-order valence-electron chi connectivity index (χ1n) is 6.57. The van der Waals surface area contributed by atoms with Gasteiger partial charge in [-0.3, -0.25) is 9.48 Å². The van der Waals surface area contributed by atoms with Crippen molar-refractivity contribution in [2.45, 2.75) is 32.9 Å². The molecule has 0 aliphatic carbocycles. The number of amides is 1. The Balaban J connectivity index is 2.03. The highest BCUT2D eigenvalue weighted by Gasteiger charge is 2.35. The molecule has 0 bridgehead atoms. The summed E-state index contributed by atoms with van der Waals surface area (Å²) in [5.41, 5.74) is 0.973. The molecule has 0 radical (unpaired) electrons.